The smallest absolute Gasteiger partial charge is 0.252 e. The van der Waals surface area contributed by atoms with Gasteiger partial charge in [-0.05, 0) is 97.1 Å². The van der Waals surface area contributed by atoms with Crippen LogP contribution < -0.4 is 4.74 Å². The summed E-state index contributed by atoms with van der Waals surface area (Å²) in [5, 5.41) is -0.379. The summed E-state index contributed by atoms with van der Waals surface area (Å²) in [5.41, 5.74) is 3.15. The first kappa shape index (κ1) is 17.3. The van der Waals surface area contributed by atoms with Crippen LogP contribution in [0.4, 0.5) is 0 Å². The van der Waals surface area contributed by atoms with Crippen molar-refractivity contribution >= 4 is 16.8 Å². The van der Waals surface area contributed by atoms with Crippen molar-refractivity contribution in [3.63, 3.8) is 0 Å². The number of benzene rings is 2. The highest BCUT2D eigenvalue weighted by molar-refractivity contribution is 6.67. The first-order chi connectivity index (χ1) is 13.1. The topological polar surface area (TPSA) is 26.3 Å². The fourth-order valence-electron chi connectivity index (χ4n) is 6.37. The van der Waals surface area contributed by atoms with Crippen molar-refractivity contribution in [2.75, 3.05) is 0 Å². The number of carbonyl (C=O) groups is 1. The third-order valence-corrected chi connectivity index (χ3v) is 7.27. The third kappa shape index (κ3) is 3.18. The fourth-order valence-corrected chi connectivity index (χ4v) is 6.49. The summed E-state index contributed by atoms with van der Waals surface area (Å²) >= 11 is 5.83. The van der Waals surface area contributed by atoms with Gasteiger partial charge >= 0.3 is 0 Å². The van der Waals surface area contributed by atoms with Gasteiger partial charge in [0.05, 0.1) is 0 Å². The largest absolute Gasteiger partial charge is 0.489 e. The molecule has 4 fully saturated rings. The van der Waals surface area contributed by atoms with Crippen molar-refractivity contribution in [3.8, 4) is 5.75 Å². The summed E-state index contributed by atoms with van der Waals surface area (Å²) in [6, 6.07) is 16.1. The molecule has 27 heavy (non-hydrogen) atoms. The van der Waals surface area contributed by atoms with Gasteiger partial charge in [-0.15, -0.1) is 0 Å². The Kier molecular flexibility index (Phi) is 4.27. The van der Waals surface area contributed by atoms with Gasteiger partial charge in [-0.1, -0.05) is 30.3 Å². The van der Waals surface area contributed by atoms with E-state index in [9.17, 15) is 4.79 Å². The number of rotatable bonds is 5. The molecule has 6 rings (SSSR count). The Labute approximate surface area is 165 Å². The van der Waals surface area contributed by atoms with Crippen LogP contribution in [0.5, 0.6) is 5.75 Å². The van der Waals surface area contributed by atoms with E-state index in [-0.39, 0.29) is 10.7 Å². The van der Waals surface area contributed by atoms with Crippen LogP contribution in [0.25, 0.3) is 0 Å². The van der Waals surface area contributed by atoms with Crippen LogP contribution in [-0.2, 0) is 12.0 Å². The van der Waals surface area contributed by atoms with Crippen molar-refractivity contribution in [1.82, 2.24) is 0 Å². The van der Waals surface area contributed by atoms with E-state index in [0.29, 0.717) is 12.2 Å². The third-order valence-electron chi connectivity index (χ3n) is 7.05. The quantitative estimate of drug-likeness (QED) is 0.584. The first-order valence-electron chi connectivity index (χ1n) is 10.1. The maximum atomic E-state index is 11.8. The van der Waals surface area contributed by atoms with Crippen LogP contribution >= 0.6 is 11.6 Å². The minimum atomic E-state index is -0.379. The summed E-state index contributed by atoms with van der Waals surface area (Å²) in [4.78, 5) is 11.8. The summed E-state index contributed by atoms with van der Waals surface area (Å²) < 4.78 is 6.29. The summed E-state index contributed by atoms with van der Waals surface area (Å²) in [7, 11) is 0. The van der Waals surface area contributed by atoms with Gasteiger partial charge in [0.25, 0.3) is 5.24 Å². The average Bonchev–Trinajstić information content (AvgIpc) is 2.66. The second-order valence-electron chi connectivity index (χ2n) is 8.96. The lowest BCUT2D eigenvalue weighted by molar-refractivity contribution is -0.00648. The monoisotopic (exact) mass is 380 g/mol. The molecule has 0 amide bonds. The Balaban J connectivity index is 1.51. The summed E-state index contributed by atoms with van der Waals surface area (Å²) in [6.07, 6.45) is 7.90. The van der Waals surface area contributed by atoms with E-state index in [4.69, 9.17) is 16.3 Å². The number of hydrogen-bond acceptors (Lipinski definition) is 2. The van der Waals surface area contributed by atoms with E-state index >= 15 is 0 Å². The van der Waals surface area contributed by atoms with Crippen LogP contribution in [0.2, 0.25) is 0 Å². The Bertz CT molecular complexity index is 823. The number of ether oxygens (including phenoxy) is 1. The van der Waals surface area contributed by atoms with E-state index in [1.54, 1.807) is 6.07 Å². The average molecular weight is 381 g/mol. The van der Waals surface area contributed by atoms with Gasteiger partial charge in [0.1, 0.15) is 12.4 Å². The molecule has 2 aromatic carbocycles. The molecule has 0 aromatic heterocycles. The molecule has 0 unspecified atom stereocenters. The zero-order chi connectivity index (χ0) is 18.4. The lowest BCUT2D eigenvalue weighted by atomic mass is 9.48. The zero-order valence-corrected chi connectivity index (χ0v) is 16.3. The van der Waals surface area contributed by atoms with Gasteiger partial charge in [-0.25, -0.2) is 0 Å². The zero-order valence-electron chi connectivity index (χ0n) is 15.5. The van der Waals surface area contributed by atoms with Crippen molar-refractivity contribution in [2.24, 2.45) is 17.8 Å². The highest BCUT2D eigenvalue weighted by Crippen LogP contribution is 2.62. The minimum Gasteiger partial charge on any atom is -0.489 e. The highest BCUT2D eigenvalue weighted by atomic mass is 35.5. The number of hydrogen-bond donors (Lipinski definition) is 0. The molecule has 0 atom stereocenters. The SMILES string of the molecule is O=C(Cl)c1ccc(OCc2ccccc2)c(C23CC4CC(CC(C4)C2)C3)c1. The van der Waals surface area contributed by atoms with E-state index in [2.05, 4.69) is 12.1 Å². The predicted octanol–water partition coefficient (Wildman–Crippen LogP) is 6.11. The molecular formula is C24H25ClO2. The number of halogens is 1. The van der Waals surface area contributed by atoms with Crippen molar-refractivity contribution < 1.29 is 9.53 Å². The van der Waals surface area contributed by atoms with Crippen molar-refractivity contribution in [3.05, 3.63) is 65.2 Å². The molecule has 4 aliphatic rings. The Morgan fingerprint density at radius 3 is 2.19 bits per heavy atom. The molecule has 0 N–H and O–H groups in total. The van der Waals surface area contributed by atoms with Gasteiger partial charge in [0.2, 0.25) is 0 Å². The molecule has 0 saturated heterocycles. The van der Waals surface area contributed by atoms with Crippen LogP contribution in [0.1, 0.15) is 60.0 Å². The lowest BCUT2D eigenvalue weighted by Gasteiger charge is -2.57. The molecule has 4 bridgehead atoms. The van der Waals surface area contributed by atoms with Crippen LogP contribution in [0, 0.1) is 17.8 Å². The second kappa shape index (κ2) is 6.67. The van der Waals surface area contributed by atoms with Gasteiger partial charge < -0.3 is 4.74 Å². The minimum absolute atomic E-state index is 0.170. The van der Waals surface area contributed by atoms with Crippen LogP contribution in [-0.4, -0.2) is 5.24 Å². The Morgan fingerprint density at radius 1 is 0.963 bits per heavy atom. The molecule has 2 nitrogen and oxygen atoms in total. The van der Waals surface area contributed by atoms with Gasteiger partial charge in [0.15, 0.2) is 0 Å². The van der Waals surface area contributed by atoms with Gasteiger partial charge in [0, 0.05) is 11.1 Å². The lowest BCUT2D eigenvalue weighted by Crippen LogP contribution is -2.48. The normalized spacial score (nSPS) is 31.1. The van der Waals surface area contributed by atoms with E-state index < -0.39 is 0 Å². The summed E-state index contributed by atoms with van der Waals surface area (Å²) in [6.45, 7) is 0.550. The molecule has 140 valence electrons. The first-order valence-corrected chi connectivity index (χ1v) is 10.5. The molecule has 2 aromatic rings. The number of carbonyl (C=O) groups excluding carboxylic acids is 1. The van der Waals surface area contributed by atoms with E-state index in [1.165, 1.54) is 44.1 Å². The Morgan fingerprint density at radius 2 is 1.59 bits per heavy atom. The maximum Gasteiger partial charge on any atom is 0.252 e. The molecule has 4 saturated carbocycles. The molecule has 4 aliphatic carbocycles. The van der Waals surface area contributed by atoms with Crippen LogP contribution in [0.15, 0.2) is 48.5 Å². The molecule has 0 heterocycles. The molecule has 0 spiro atoms. The standard InChI is InChI=1S/C24H25ClO2/c25-23(26)20-6-7-22(27-15-16-4-2-1-3-5-16)21(11-20)24-12-17-8-18(13-24)10-19(9-17)14-24/h1-7,11,17-19H,8-10,12-15H2. The molecular weight excluding hydrogens is 356 g/mol. The van der Waals surface area contributed by atoms with E-state index in [1.807, 2.05) is 30.3 Å². The molecule has 0 aliphatic heterocycles. The molecule has 0 radical (unpaired) electrons. The fraction of sp³-hybridized carbons (Fsp3) is 0.458. The second-order valence-corrected chi connectivity index (χ2v) is 9.30. The highest BCUT2D eigenvalue weighted by Gasteiger charge is 2.52. The Hall–Kier alpha value is -1.80. The molecule has 3 heteroatoms. The summed E-state index contributed by atoms with van der Waals surface area (Å²) in [5.74, 6) is 3.46. The van der Waals surface area contributed by atoms with Crippen LogP contribution in [0.3, 0.4) is 0 Å². The predicted molar refractivity (Wildman–Crippen MR) is 107 cm³/mol. The van der Waals surface area contributed by atoms with E-state index in [0.717, 1.165) is 29.1 Å². The van der Waals surface area contributed by atoms with Gasteiger partial charge in [-0.3, -0.25) is 4.79 Å². The maximum absolute atomic E-state index is 11.8. The van der Waals surface area contributed by atoms with Gasteiger partial charge in [-0.2, -0.15) is 0 Å². The van der Waals surface area contributed by atoms with Crippen molar-refractivity contribution in [1.29, 1.82) is 0 Å². The van der Waals surface area contributed by atoms with Crippen molar-refractivity contribution in [2.45, 2.75) is 50.5 Å².